The first-order chi connectivity index (χ1) is 8.79. The predicted octanol–water partition coefficient (Wildman–Crippen LogP) is 2.12. The molecule has 4 heteroatoms. The van der Waals surface area contributed by atoms with Gasteiger partial charge in [0, 0.05) is 6.54 Å². The van der Waals surface area contributed by atoms with Crippen LogP contribution in [0.4, 0.5) is 0 Å². The smallest absolute Gasteiger partial charge is 0.305 e. The Labute approximate surface area is 113 Å². The molecule has 0 saturated heterocycles. The molecule has 0 heterocycles. The summed E-state index contributed by atoms with van der Waals surface area (Å²) in [6.07, 6.45) is 0.235. The minimum atomic E-state index is -0.908. The average molecular weight is 263 g/mol. The van der Waals surface area contributed by atoms with Crippen molar-refractivity contribution in [3.8, 4) is 0 Å². The molecule has 0 aliphatic heterocycles. The summed E-state index contributed by atoms with van der Waals surface area (Å²) >= 11 is 0. The van der Waals surface area contributed by atoms with Crippen molar-refractivity contribution in [2.45, 2.75) is 39.0 Å². The van der Waals surface area contributed by atoms with E-state index >= 15 is 0 Å². The fraction of sp³-hybridized carbons (Fsp3) is 0.467. The second-order valence-corrected chi connectivity index (χ2v) is 5.62. The van der Waals surface area contributed by atoms with Crippen molar-refractivity contribution in [3.63, 3.8) is 0 Å². The maximum absolute atomic E-state index is 11.6. The molecule has 0 bridgehead atoms. The number of nitrogens with one attached hydrogen (secondary N) is 1. The SMILES string of the molecule is CC(C)(C)c1ccc(CC(=O)NCCC(=O)O)cc1. The van der Waals surface area contributed by atoms with Gasteiger partial charge >= 0.3 is 5.97 Å². The largest absolute Gasteiger partial charge is 0.481 e. The Morgan fingerprint density at radius 1 is 1.16 bits per heavy atom. The van der Waals surface area contributed by atoms with Crippen molar-refractivity contribution in [1.29, 1.82) is 0 Å². The number of aliphatic carboxylic acids is 1. The molecule has 104 valence electrons. The molecule has 1 rings (SSSR count). The summed E-state index contributed by atoms with van der Waals surface area (Å²) in [4.78, 5) is 21.9. The number of carbonyl (C=O) groups excluding carboxylic acids is 1. The molecular weight excluding hydrogens is 242 g/mol. The minimum absolute atomic E-state index is 0.0469. The van der Waals surface area contributed by atoms with Gasteiger partial charge in [-0.2, -0.15) is 0 Å². The van der Waals surface area contributed by atoms with Crippen LogP contribution in [0.3, 0.4) is 0 Å². The lowest BCUT2D eigenvalue weighted by molar-refractivity contribution is -0.136. The van der Waals surface area contributed by atoms with Crippen molar-refractivity contribution in [2.75, 3.05) is 6.54 Å². The highest BCUT2D eigenvalue weighted by Crippen LogP contribution is 2.22. The van der Waals surface area contributed by atoms with E-state index in [1.165, 1.54) is 5.56 Å². The van der Waals surface area contributed by atoms with Gasteiger partial charge in [0.1, 0.15) is 0 Å². The van der Waals surface area contributed by atoms with Gasteiger partial charge in [-0.15, -0.1) is 0 Å². The zero-order chi connectivity index (χ0) is 14.5. The van der Waals surface area contributed by atoms with Crippen LogP contribution in [0.25, 0.3) is 0 Å². The summed E-state index contributed by atoms with van der Waals surface area (Å²) in [5.74, 6) is -1.06. The molecule has 1 aromatic carbocycles. The van der Waals surface area contributed by atoms with E-state index in [1.807, 2.05) is 24.3 Å². The van der Waals surface area contributed by atoms with Gasteiger partial charge in [0.05, 0.1) is 12.8 Å². The van der Waals surface area contributed by atoms with Crippen LogP contribution in [0.15, 0.2) is 24.3 Å². The van der Waals surface area contributed by atoms with Gasteiger partial charge in [-0.25, -0.2) is 0 Å². The first-order valence-corrected chi connectivity index (χ1v) is 6.37. The quantitative estimate of drug-likeness (QED) is 0.855. The van der Waals surface area contributed by atoms with Crippen LogP contribution in [0.2, 0.25) is 0 Å². The van der Waals surface area contributed by atoms with Crippen LogP contribution >= 0.6 is 0 Å². The van der Waals surface area contributed by atoms with Crippen LogP contribution in [-0.4, -0.2) is 23.5 Å². The molecule has 0 radical (unpaired) electrons. The van der Waals surface area contributed by atoms with E-state index in [0.29, 0.717) is 0 Å². The fourth-order valence-electron chi connectivity index (χ4n) is 1.68. The van der Waals surface area contributed by atoms with Crippen molar-refractivity contribution in [1.82, 2.24) is 5.32 Å². The van der Waals surface area contributed by atoms with E-state index in [0.717, 1.165) is 5.56 Å². The summed E-state index contributed by atoms with van der Waals surface area (Å²) in [6, 6.07) is 7.94. The molecule has 0 atom stereocenters. The molecule has 1 aromatic rings. The Morgan fingerprint density at radius 2 is 1.74 bits per heavy atom. The molecule has 0 aliphatic carbocycles. The molecule has 0 aliphatic rings. The van der Waals surface area contributed by atoms with Gasteiger partial charge in [-0.05, 0) is 16.5 Å². The van der Waals surface area contributed by atoms with Gasteiger partial charge in [-0.1, -0.05) is 45.0 Å². The van der Waals surface area contributed by atoms with E-state index in [4.69, 9.17) is 5.11 Å². The van der Waals surface area contributed by atoms with Gasteiger partial charge in [-0.3, -0.25) is 9.59 Å². The fourth-order valence-corrected chi connectivity index (χ4v) is 1.68. The Bertz CT molecular complexity index is 443. The Hall–Kier alpha value is -1.84. The summed E-state index contributed by atoms with van der Waals surface area (Å²) in [5.41, 5.74) is 2.26. The monoisotopic (exact) mass is 263 g/mol. The maximum Gasteiger partial charge on any atom is 0.305 e. The standard InChI is InChI=1S/C15H21NO3/c1-15(2,3)12-6-4-11(5-7-12)10-13(17)16-9-8-14(18)19/h4-7H,8-10H2,1-3H3,(H,16,17)(H,18,19). The van der Waals surface area contributed by atoms with E-state index < -0.39 is 5.97 Å². The molecule has 19 heavy (non-hydrogen) atoms. The van der Waals surface area contributed by atoms with Gasteiger partial charge in [0.15, 0.2) is 0 Å². The number of hydrogen-bond acceptors (Lipinski definition) is 2. The number of amides is 1. The van der Waals surface area contributed by atoms with Crippen molar-refractivity contribution >= 4 is 11.9 Å². The third kappa shape index (κ3) is 5.55. The van der Waals surface area contributed by atoms with E-state index in [9.17, 15) is 9.59 Å². The van der Waals surface area contributed by atoms with Crippen LogP contribution in [-0.2, 0) is 21.4 Å². The summed E-state index contributed by atoms with van der Waals surface area (Å²) in [7, 11) is 0. The number of carboxylic acid groups (broad SMARTS) is 1. The molecule has 0 unspecified atom stereocenters. The van der Waals surface area contributed by atoms with Crippen molar-refractivity contribution in [3.05, 3.63) is 35.4 Å². The molecule has 0 saturated carbocycles. The zero-order valence-corrected chi connectivity index (χ0v) is 11.7. The first-order valence-electron chi connectivity index (χ1n) is 6.37. The topological polar surface area (TPSA) is 66.4 Å². The lowest BCUT2D eigenvalue weighted by atomic mass is 9.86. The zero-order valence-electron chi connectivity index (χ0n) is 11.7. The average Bonchev–Trinajstić information content (AvgIpc) is 2.27. The molecule has 1 amide bonds. The molecule has 2 N–H and O–H groups in total. The highest BCUT2D eigenvalue weighted by Gasteiger charge is 2.13. The Balaban J connectivity index is 2.49. The minimum Gasteiger partial charge on any atom is -0.481 e. The van der Waals surface area contributed by atoms with Crippen molar-refractivity contribution in [2.24, 2.45) is 0 Å². The third-order valence-electron chi connectivity index (χ3n) is 2.85. The summed E-state index contributed by atoms with van der Waals surface area (Å²) in [6.45, 7) is 6.59. The van der Waals surface area contributed by atoms with Gasteiger partial charge < -0.3 is 10.4 Å². The van der Waals surface area contributed by atoms with Crippen LogP contribution in [0, 0.1) is 0 Å². The predicted molar refractivity (Wildman–Crippen MR) is 74.1 cm³/mol. The van der Waals surface area contributed by atoms with Gasteiger partial charge in [0.2, 0.25) is 5.91 Å². The first kappa shape index (κ1) is 15.2. The number of rotatable bonds is 5. The normalized spacial score (nSPS) is 11.1. The van der Waals surface area contributed by atoms with Gasteiger partial charge in [0.25, 0.3) is 0 Å². The molecule has 4 nitrogen and oxygen atoms in total. The Kier molecular flexibility index (Phi) is 5.10. The highest BCUT2D eigenvalue weighted by atomic mass is 16.4. The van der Waals surface area contributed by atoms with E-state index in [2.05, 4.69) is 26.1 Å². The van der Waals surface area contributed by atoms with Crippen LogP contribution in [0.5, 0.6) is 0 Å². The molecule has 0 spiro atoms. The number of carbonyl (C=O) groups is 2. The Morgan fingerprint density at radius 3 is 2.21 bits per heavy atom. The van der Waals surface area contributed by atoms with Crippen molar-refractivity contribution < 1.29 is 14.7 Å². The van der Waals surface area contributed by atoms with Crippen LogP contribution < -0.4 is 5.32 Å². The number of hydrogen-bond donors (Lipinski definition) is 2. The molecular formula is C15H21NO3. The molecule has 0 fully saturated rings. The third-order valence-corrected chi connectivity index (χ3v) is 2.85. The number of benzene rings is 1. The van der Waals surface area contributed by atoms with E-state index in [1.54, 1.807) is 0 Å². The summed E-state index contributed by atoms with van der Waals surface area (Å²) in [5, 5.41) is 11.1. The van der Waals surface area contributed by atoms with E-state index in [-0.39, 0.29) is 30.7 Å². The number of carboxylic acids is 1. The maximum atomic E-state index is 11.6. The van der Waals surface area contributed by atoms with Crippen LogP contribution in [0.1, 0.15) is 38.3 Å². The molecule has 0 aromatic heterocycles. The second-order valence-electron chi connectivity index (χ2n) is 5.62. The lowest BCUT2D eigenvalue weighted by Gasteiger charge is -2.19. The lowest BCUT2D eigenvalue weighted by Crippen LogP contribution is -2.27. The second kappa shape index (κ2) is 6.36. The highest BCUT2D eigenvalue weighted by molar-refractivity contribution is 5.79. The summed E-state index contributed by atoms with van der Waals surface area (Å²) < 4.78 is 0.